The van der Waals surface area contributed by atoms with E-state index in [9.17, 15) is 19.3 Å². The summed E-state index contributed by atoms with van der Waals surface area (Å²) in [5.74, 6) is -0.575. The highest BCUT2D eigenvalue weighted by atomic mass is 31.2. The normalized spacial score (nSPS) is 12.0. The van der Waals surface area contributed by atoms with Crippen LogP contribution in [0, 0.1) is 0 Å². The van der Waals surface area contributed by atoms with Crippen molar-refractivity contribution in [2.45, 2.75) is 225 Å². The maximum absolute atomic E-state index is 12.1. The number of unbranched alkanes of at least 4 members (excludes halogenated alkanes) is 28. The van der Waals surface area contributed by atoms with Gasteiger partial charge in [0.1, 0.15) is 6.61 Å². The molecule has 0 aliphatic rings. The van der Waals surface area contributed by atoms with Crippen LogP contribution in [0.5, 0.6) is 0 Å². The Hall–Kier alpha value is -1.03. The van der Waals surface area contributed by atoms with E-state index in [1.807, 2.05) is 0 Å². The molecule has 0 aliphatic carbocycles. The van der Waals surface area contributed by atoms with Crippen LogP contribution in [-0.4, -0.2) is 59.3 Å². The molecule has 0 unspecified atom stereocenters. The monoisotopic (exact) mass is 766 g/mol. The molecular weight excluding hydrogens is 681 g/mol. The molecule has 0 amide bonds. The molecule has 0 saturated heterocycles. The fraction of sp³-hybridized carbons (Fsp3) is 0.951. The fourth-order valence-corrected chi connectivity index (χ4v) is 6.42. The first-order chi connectivity index (χ1) is 25.2. The second-order valence-corrected chi connectivity index (χ2v) is 15.7. The number of hydrogen-bond donors (Lipinski definition) is 4. The third-order valence-electron chi connectivity index (χ3n) is 9.28. The lowest BCUT2D eigenvalue weighted by molar-refractivity contribution is -0.161. The minimum atomic E-state index is -4.26. The van der Waals surface area contributed by atoms with Gasteiger partial charge in [-0.1, -0.05) is 194 Å². The molecule has 5 N–H and O–H groups in total. The number of hydrogen-bond acceptors (Lipinski definition) is 8. The lowest BCUT2D eigenvalue weighted by Gasteiger charge is -2.15. The Bertz CT molecular complexity index is 796. The van der Waals surface area contributed by atoms with Crippen LogP contribution in [0.1, 0.15) is 219 Å². The predicted octanol–water partition coefficient (Wildman–Crippen LogP) is 11.0. The van der Waals surface area contributed by atoms with Gasteiger partial charge < -0.3 is 30.1 Å². The second-order valence-electron chi connectivity index (χ2n) is 14.5. The van der Waals surface area contributed by atoms with Crippen molar-refractivity contribution in [1.29, 1.82) is 0 Å². The number of aliphatic hydroxyl groups excluding tert-OH is 1. The lowest BCUT2D eigenvalue weighted by Crippen LogP contribution is -2.28. The van der Waals surface area contributed by atoms with Gasteiger partial charge in [0.15, 0.2) is 6.10 Å². The zero-order chi connectivity index (χ0) is 38.8. The molecule has 11 heteroatoms. The third-order valence-corrected chi connectivity index (χ3v) is 9.80. The van der Waals surface area contributed by atoms with Crippen molar-refractivity contribution in [3.8, 4) is 0 Å². The smallest absolute Gasteiger partial charge is 0.462 e. The Balaban J connectivity index is 0. The van der Waals surface area contributed by atoms with Crippen molar-refractivity contribution >= 4 is 19.8 Å². The number of phosphoric ester groups is 1. The molecule has 0 aromatic heterocycles. The van der Waals surface area contributed by atoms with Crippen LogP contribution in [-0.2, 0) is 28.2 Å². The highest BCUT2D eigenvalue weighted by Gasteiger charge is 2.16. The van der Waals surface area contributed by atoms with Gasteiger partial charge in [-0.2, -0.15) is 0 Å². The molecule has 0 radical (unpaired) electrons. The largest absolute Gasteiger partial charge is 0.469 e. The molecule has 0 aliphatic heterocycles. The molecule has 10 nitrogen and oxygen atoms in total. The van der Waals surface area contributed by atoms with E-state index in [1.54, 1.807) is 0 Å². The lowest BCUT2D eigenvalue weighted by atomic mass is 10.0. The standard InChI is InChI=1S/C39H76O5.C2H8NO4P/c1-3-5-7-9-11-13-15-17-19-21-23-25-27-29-31-33-38(41)43-36-37(35-40)44-39(42)34-32-30-28-26-24-22-20-18-16-14-12-10-8-6-4-2;3-1-2-7-8(4,5)6/h37,40H,3-36H2,1-2H3;1-3H2,(H2,4,5,6)/t37-;/m0./s1. The molecule has 1 atom stereocenters. The van der Waals surface area contributed by atoms with Crippen LogP contribution in [0.25, 0.3) is 0 Å². The van der Waals surface area contributed by atoms with E-state index in [0.29, 0.717) is 12.8 Å². The molecule has 0 spiro atoms. The number of nitrogens with two attached hydrogens (primary N) is 1. The third kappa shape index (κ3) is 47.0. The van der Waals surface area contributed by atoms with Gasteiger partial charge in [-0.15, -0.1) is 0 Å². The average molecular weight is 766 g/mol. The highest BCUT2D eigenvalue weighted by molar-refractivity contribution is 7.46. The van der Waals surface area contributed by atoms with Gasteiger partial charge in [0, 0.05) is 19.4 Å². The summed E-state index contributed by atoms with van der Waals surface area (Å²) in [4.78, 5) is 40.2. The molecule has 0 bridgehead atoms. The summed E-state index contributed by atoms with van der Waals surface area (Å²) in [6.45, 7) is 4.17. The van der Waals surface area contributed by atoms with Crippen molar-refractivity contribution in [3.05, 3.63) is 0 Å². The van der Waals surface area contributed by atoms with Crippen molar-refractivity contribution in [1.82, 2.24) is 0 Å². The fourth-order valence-electron chi connectivity index (χ4n) is 6.08. The van der Waals surface area contributed by atoms with Crippen LogP contribution in [0.3, 0.4) is 0 Å². The first kappa shape index (κ1) is 53.1. The van der Waals surface area contributed by atoms with E-state index in [2.05, 4.69) is 18.4 Å². The first-order valence-electron chi connectivity index (χ1n) is 21.6. The number of rotatable bonds is 39. The van der Waals surface area contributed by atoms with Crippen molar-refractivity contribution < 1.29 is 43.0 Å². The summed E-state index contributed by atoms with van der Waals surface area (Å²) < 4.78 is 24.3. The average Bonchev–Trinajstić information content (AvgIpc) is 3.12. The molecule has 0 fully saturated rings. The van der Waals surface area contributed by atoms with Crippen molar-refractivity contribution in [3.63, 3.8) is 0 Å². The molecule has 312 valence electrons. The zero-order valence-corrected chi connectivity index (χ0v) is 34.7. The van der Waals surface area contributed by atoms with Gasteiger partial charge in [0.2, 0.25) is 0 Å². The van der Waals surface area contributed by atoms with Gasteiger partial charge in [0.05, 0.1) is 13.2 Å². The Labute approximate surface area is 319 Å². The number of carbonyl (C=O) groups is 2. The number of phosphoric acid groups is 1. The molecule has 0 rings (SSSR count). The SMILES string of the molecule is CCCCCCCCCCCCCCCCCC(=O)OC[C@H](CO)OC(=O)CCCCCCCCCCCCCCCCC.NCCOP(=O)(O)O. The van der Waals surface area contributed by atoms with E-state index in [1.165, 1.54) is 161 Å². The summed E-state index contributed by atoms with van der Waals surface area (Å²) in [5, 5.41) is 9.54. The molecule has 52 heavy (non-hydrogen) atoms. The molecule has 0 aromatic rings. The van der Waals surface area contributed by atoms with Crippen LogP contribution in [0.15, 0.2) is 0 Å². The van der Waals surface area contributed by atoms with Crippen LogP contribution in [0.2, 0.25) is 0 Å². The summed E-state index contributed by atoms with van der Waals surface area (Å²) >= 11 is 0. The maximum Gasteiger partial charge on any atom is 0.469 e. The van der Waals surface area contributed by atoms with E-state index in [-0.39, 0.29) is 38.3 Å². The molecule has 0 aromatic carbocycles. The van der Waals surface area contributed by atoms with E-state index in [4.69, 9.17) is 25.0 Å². The number of aliphatic hydroxyl groups is 1. The molecule has 0 heterocycles. The van der Waals surface area contributed by atoms with Gasteiger partial charge in [0.25, 0.3) is 0 Å². The maximum atomic E-state index is 12.1. The quantitative estimate of drug-likeness (QED) is 0.0269. The number of ether oxygens (including phenoxy) is 2. The van der Waals surface area contributed by atoms with Gasteiger partial charge >= 0.3 is 19.8 Å². The van der Waals surface area contributed by atoms with E-state index in [0.717, 1.165) is 32.1 Å². The Morgan fingerprint density at radius 3 is 1.12 bits per heavy atom. The Morgan fingerprint density at radius 2 is 0.846 bits per heavy atom. The Morgan fingerprint density at radius 1 is 0.538 bits per heavy atom. The van der Waals surface area contributed by atoms with Gasteiger partial charge in [-0.25, -0.2) is 4.57 Å². The van der Waals surface area contributed by atoms with Crippen LogP contribution >= 0.6 is 7.82 Å². The molecule has 0 saturated carbocycles. The summed E-state index contributed by atoms with van der Waals surface area (Å²) in [6, 6.07) is 0. The molecular formula is C41H84NO9P. The summed E-state index contributed by atoms with van der Waals surface area (Å²) in [6.07, 6.45) is 38.7. The summed E-state index contributed by atoms with van der Waals surface area (Å²) in [5.41, 5.74) is 4.87. The number of carbonyl (C=O) groups excluding carboxylic acids is 2. The minimum absolute atomic E-state index is 0.0569. The van der Waals surface area contributed by atoms with Gasteiger partial charge in [-0.3, -0.25) is 14.1 Å². The van der Waals surface area contributed by atoms with E-state index >= 15 is 0 Å². The minimum Gasteiger partial charge on any atom is -0.462 e. The zero-order valence-electron chi connectivity index (χ0n) is 33.8. The van der Waals surface area contributed by atoms with Crippen LogP contribution in [0.4, 0.5) is 0 Å². The predicted molar refractivity (Wildman–Crippen MR) is 214 cm³/mol. The topological polar surface area (TPSA) is 166 Å². The van der Waals surface area contributed by atoms with Crippen molar-refractivity contribution in [2.24, 2.45) is 5.73 Å². The first-order valence-corrected chi connectivity index (χ1v) is 23.1. The Kier molecular flexibility index (Phi) is 43.6. The van der Waals surface area contributed by atoms with Gasteiger partial charge in [-0.05, 0) is 12.8 Å². The second kappa shape index (κ2) is 42.7. The highest BCUT2D eigenvalue weighted by Crippen LogP contribution is 2.34. The van der Waals surface area contributed by atoms with Crippen molar-refractivity contribution in [2.75, 3.05) is 26.4 Å². The summed E-state index contributed by atoms with van der Waals surface area (Å²) in [7, 11) is -4.26. The number of esters is 2. The van der Waals surface area contributed by atoms with Crippen LogP contribution < -0.4 is 5.73 Å². The van der Waals surface area contributed by atoms with E-state index < -0.39 is 13.9 Å².